The third-order valence-corrected chi connectivity index (χ3v) is 5.63. The molecule has 0 spiro atoms. The molecule has 0 radical (unpaired) electrons. The Bertz CT molecular complexity index is 296. The number of esters is 1. The van der Waals surface area contributed by atoms with Crippen LogP contribution in [0.2, 0.25) is 18.6 Å². The van der Waals surface area contributed by atoms with Crippen molar-refractivity contribution in [2.75, 3.05) is 6.61 Å². The Morgan fingerprint density at radius 3 is 2.19 bits per heavy atom. The van der Waals surface area contributed by atoms with E-state index in [1.807, 2.05) is 20.0 Å². The second kappa shape index (κ2) is 6.27. The molecule has 5 heteroatoms. The molecule has 4 nitrogen and oxygen atoms in total. The van der Waals surface area contributed by atoms with Gasteiger partial charge in [-0.15, -0.1) is 0 Å². The van der Waals surface area contributed by atoms with Crippen LogP contribution in [0.15, 0.2) is 25.3 Å². The van der Waals surface area contributed by atoms with E-state index >= 15 is 0 Å². The molecule has 0 saturated heterocycles. The summed E-state index contributed by atoms with van der Waals surface area (Å²) in [6.45, 7) is 12.5. The summed E-state index contributed by atoms with van der Waals surface area (Å²) >= 11 is 0. The van der Waals surface area contributed by atoms with Crippen molar-refractivity contribution in [3.8, 4) is 0 Å². The zero-order valence-corrected chi connectivity index (χ0v) is 11.0. The van der Waals surface area contributed by atoms with Gasteiger partial charge in [0.15, 0.2) is 0 Å². The van der Waals surface area contributed by atoms with E-state index in [1.54, 1.807) is 0 Å². The van der Waals surface area contributed by atoms with E-state index in [2.05, 4.69) is 13.2 Å². The molecule has 0 aliphatic heterocycles. The molecule has 90 valence electrons. The van der Waals surface area contributed by atoms with Gasteiger partial charge in [-0.1, -0.05) is 20.1 Å². The number of rotatable bonds is 6. The van der Waals surface area contributed by atoms with Crippen molar-refractivity contribution < 1.29 is 18.8 Å². The van der Waals surface area contributed by atoms with Crippen LogP contribution in [-0.2, 0) is 18.8 Å². The van der Waals surface area contributed by atoms with Crippen LogP contribution in [-0.4, -0.2) is 26.9 Å². The molecule has 0 aromatic carbocycles. The first-order valence-electron chi connectivity index (χ1n) is 4.98. The Morgan fingerprint density at radius 1 is 1.25 bits per heavy atom. The Balaban J connectivity index is 4.28. The average molecular weight is 242 g/mol. The molecule has 0 N–H and O–H groups in total. The quantitative estimate of drug-likeness (QED) is 0.406. The minimum absolute atomic E-state index is 0.0142. The lowest BCUT2D eigenvalue weighted by Crippen LogP contribution is -2.39. The SMILES string of the molecule is C=CC(=O)OCC(C)[Si](C)(C)OC(=O)C=C. The number of ether oxygens (including phenoxy) is 1. The molecule has 0 fully saturated rings. The number of hydrogen-bond acceptors (Lipinski definition) is 4. The summed E-state index contributed by atoms with van der Waals surface area (Å²) in [7, 11) is -2.20. The number of carbonyl (C=O) groups excluding carboxylic acids is 2. The molecule has 0 amide bonds. The zero-order chi connectivity index (χ0) is 12.8. The van der Waals surface area contributed by atoms with Gasteiger partial charge in [-0.05, 0) is 13.1 Å². The summed E-state index contributed by atoms with van der Waals surface area (Å²) in [4.78, 5) is 22.0. The van der Waals surface area contributed by atoms with Gasteiger partial charge in [-0.3, -0.25) is 0 Å². The molecule has 1 atom stereocenters. The monoisotopic (exact) mass is 242 g/mol. The lowest BCUT2D eigenvalue weighted by atomic mass is 10.5. The van der Waals surface area contributed by atoms with Gasteiger partial charge < -0.3 is 9.16 Å². The Kier molecular flexibility index (Phi) is 5.74. The van der Waals surface area contributed by atoms with Crippen molar-refractivity contribution in [1.82, 2.24) is 0 Å². The van der Waals surface area contributed by atoms with Crippen LogP contribution in [0.5, 0.6) is 0 Å². The Labute approximate surface area is 97.1 Å². The Hall–Kier alpha value is -1.36. The molecule has 0 saturated carbocycles. The molecule has 0 aromatic rings. The Morgan fingerprint density at radius 2 is 1.75 bits per heavy atom. The van der Waals surface area contributed by atoms with Crippen LogP contribution in [0.25, 0.3) is 0 Å². The predicted octanol–water partition coefficient (Wildman–Crippen LogP) is 2.04. The molecular formula is C11H18O4Si. The predicted molar refractivity (Wildman–Crippen MR) is 64.4 cm³/mol. The molecule has 0 rings (SSSR count). The first kappa shape index (κ1) is 14.6. The standard InChI is InChI=1S/C11H18O4Si/c1-6-10(12)14-8-9(3)16(4,5)15-11(13)7-2/h6-7,9H,1-2,8H2,3-5H3. The molecule has 0 aliphatic rings. The molecule has 0 heterocycles. The zero-order valence-electron chi connectivity index (χ0n) is 9.99. The second-order valence-electron chi connectivity index (χ2n) is 3.96. The van der Waals surface area contributed by atoms with Gasteiger partial charge in [0, 0.05) is 17.7 Å². The van der Waals surface area contributed by atoms with Gasteiger partial charge >= 0.3 is 11.9 Å². The fourth-order valence-corrected chi connectivity index (χ4v) is 2.16. The summed E-state index contributed by atoms with van der Waals surface area (Å²) in [5, 5.41) is 0. The van der Waals surface area contributed by atoms with Gasteiger partial charge in [0.2, 0.25) is 0 Å². The highest BCUT2D eigenvalue weighted by molar-refractivity contribution is 6.74. The van der Waals surface area contributed by atoms with Crippen molar-refractivity contribution in [2.45, 2.75) is 25.6 Å². The highest BCUT2D eigenvalue weighted by atomic mass is 28.4. The number of hydrogen-bond donors (Lipinski definition) is 0. The summed E-state index contributed by atoms with van der Waals surface area (Å²) < 4.78 is 10.2. The number of carbonyl (C=O) groups is 2. The average Bonchev–Trinajstić information content (AvgIpc) is 2.24. The topological polar surface area (TPSA) is 52.6 Å². The summed E-state index contributed by atoms with van der Waals surface area (Å²) in [6.07, 6.45) is 2.24. The van der Waals surface area contributed by atoms with Crippen molar-refractivity contribution in [3.63, 3.8) is 0 Å². The van der Waals surface area contributed by atoms with Crippen LogP contribution >= 0.6 is 0 Å². The fraction of sp³-hybridized carbons (Fsp3) is 0.455. The molecular weight excluding hydrogens is 224 g/mol. The van der Waals surface area contributed by atoms with Crippen molar-refractivity contribution >= 4 is 20.3 Å². The van der Waals surface area contributed by atoms with Gasteiger partial charge in [0.25, 0.3) is 8.32 Å². The minimum atomic E-state index is -2.20. The van der Waals surface area contributed by atoms with E-state index in [0.717, 1.165) is 12.2 Å². The van der Waals surface area contributed by atoms with E-state index in [0.29, 0.717) is 0 Å². The van der Waals surface area contributed by atoms with E-state index in [1.165, 1.54) is 0 Å². The van der Waals surface area contributed by atoms with Crippen LogP contribution in [0.4, 0.5) is 0 Å². The molecule has 1 unspecified atom stereocenters. The first-order valence-corrected chi connectivity index (χ1v) is 7.96. The largest absolute Gasteiger partial charge is 0.516 e. The summed E-state index contributed by atoms with van der Waals surface area (Å²) in [6, 6.07) is 0. The molecule has 0 aromatic heterocycles. The first-order chi connectivity index (χ1) is 7.33. The van der Waals surface area contributed by atoms with Crippen molar-refractivity contribution in [2.24, 2.45) is 0 Å². The van der Waals surface area contributed by atoms with Gasteiger partial charge in [0.05, 0.1) is 6.61 Å². The molecule has 0 bridgehead atoms. The minimum Gasteiger partial charge on any atom is -0.516 e. The van der Waals surface area contributed by atoms with Crippen LogP contribution in [0, 0.1) is 0 Å². The summed E-state index contributed by atoms with van der Waals surface area (Å²) in [5.74, 6) is -0.898. The molecule has 0 aliphatic carbocycles. The van der Waals surface area contributed by atoms with Crippen LogP contribution in [0.1, 0.15) is 6.92 Å². The van der Waals surface area contributed by atoms with Crippen molar-refractivity contribution in [1.29, 1.82) is 0 Å². The van der Waals surface area contributed by atoms with Crippen LogP contribution < -0.4 is 0 Å². The van der Waals surface area contributed by atoms with Gasteiger partial charge in [-0.25, -0.2) is 9.59 Å². The highest BCUT2D eigenvalue weighted by Gasteiger charge is 2.34. The normalized spacial score (nSPS) is 12.4. The van der Waals surface area contributed by atoms with Gasteiger partial charge in [-0.2, -0.15) is 0 Å². The maximum absolute atomic E-state index is 11.1. The smallest absolute Gasteiger partial charge is 0.330 e. The third kappa shape index (κ3) is 4.93. The summed E-state index contributed by atoms with van der Waals surface area (Å²) in [5.41, 5.74) is 0.0142. The fourth-order valence-electron chi connectivity index (χ4n) is 0.868. The van der Waals surface area contributed by atoms with E-state index in [9.17, 15) is 9.59 Å². The van der Waals surface area contributed by atoms with E-state index in [4.69, 9.17) is 9.16 Å². The van der Waals surface area contributed by atoms with E-state index < -0.39 is 20.3 Å². The lowest BCUT2D eigenvalue weighted by molar-refractivity contribution is -0.137. The highest BCUT2D eigenvalue weighted by Crippen LogP contribution is 2.23. The van der Waals surface area contributed by atoms with Gasteiger partial charge in [0.1, 0.15) is 0 Å². The molecule has 16 heavy (non-hydrogen) atoms. The van der Waals surface area contributed by atoms with E-state index in [-0.39, 0.29) is 12.1 Å². The maximum atomic E-state index is 11.1. The maximum Gasteiger partial charge on any atom is 0.330 e. The third-order valence-electron chi connectivity index (χ3n) is 2.36. The second-order valence-corrected chi connectivity index (χ2v) is 8.36. The van der Waals surface area contributed by atoms with Crippen LogP contribution in [0.3, 0.4) is 0 Å². The lowest BCUT2D eigenvalue weighted by Gasteiger charge is -2.28. The van der Waals surface area contributed by atoms with Crippen molar-refractivity contribution in [3.05, 3.63) is 25.3 Å².